The SMILES string of the molecule is Cc1cc(C=NNc2ccc(S(=O)(=O)N3CCOCC3)cc2[N+](=O)[O-])c(C)n1CC(C)C. The number of aromatic nitrogens is 1. The van der Waals surface area contributed by atoms with Crippen LogP contribution in [0.5, 0.6) is 0 Å². The van der Waals surface area contributed by atoms with Crippen molar-refractivity contribution in [2.75, 3.05) is 31.7 Å². The highest BCUT2D eigenvalue weighted by Gasteiger charge is 2.28. The molecule has 2 aromatic rings. The van der Waals surface area contributed by atoms with Crippen molar-refractivity contribution in [3.8, 4) is 0 Å². The van der Waals surface area contributed by atoms with Crippen molar-refractivity contribution in [1.82, 2.24) is 8.87 Å². The maximum Gasteiger partial charge on any atom is 0.295 e. The van der Waals surface area contributed by atoms with Crippen LogP contribution in [0.15, 0.2) is 34.3 Å². The molecule has 10 nitrogen and oxygen atoms in total. The first kappa shape index (κ1) is 23.9. The van der Waals surface area contributed by atoms with Crippen LogP contribution in [0.1, 0.15) is 30.8 Å². The lowest BCUT2D eigenvalue weighted by Gasteiger charge is -2.26. The number of sulfonamides is 1. The molecule has 11 heteroatoms. The Kier molecular flexibility index (Phi) is 7.32. The first-order chi connectivity index (χ1) is 15.1. The van der Waals surface area contributed by atoms with Gasteiger partial charge in [-0.3, -0.25) is 15.5 Å². The number of hydrazone groups is 1. The molecule has 32 heavy (non-hydrogen) atoms. The van der Waals surface area contributed by atoms with Gasteiger partial charge in [-0.15, -0.1) is 0 Å². The highest BCUT2D eigenvalue weighted by Crippen LogP contribution is 2.29. The van der Waals surface area contributed by atoms with Gasteiger partial charge in [-0.1, -0.05) is 13.8 Å². The van der Waals surface area contributed by atoms with Gasteiger partial charge < -0.3 is 9.30 Å². The number of nitrogens with one attached hydrogen (secondary N) is 1. The van der Waals surface area contributed by atoms with Crippen molar-refractivity contribution >= 4 is 27.6 Å². The Morgan fingerprint density at radius 3 is 2.56 bits per heavy atom. The summed E-state index contributed by atoms with van der Waals surface area (Å²) in [6.07, 6.45) is 1.61. The van der Waals surface area contributed by atoms with Crippen LogP contribution in [0.3, 0.4) is 0 Å². The van der Waals surface area contributed by atoms with Gasteiger partial charge in [0, 0.05) is 42.7 Å². The fourth-order valence-electron chi connectivity index (χ4n) is 3.63. The summed E-state index contributed by atoms with van der Waals surface area (Å²) in [5.41, 5.74) is 5.52. The highest BCUT2D eigenvalue weighted by atomic mass is 32.2. The van der Waals surface area contributed by atoms with E-state index < -0.39 is 14.9 Å². The first-order valence-corrected chi connectivity index (χ1v) is 11.9. The van der Waals surface area contributed by atoms with Gasteiger partial charge in [0.15, 0.2) is 0 Å². The minimum atomic E-state index is -3.84. The van der Waals surface area contributed by atoms with Crippen LogP contribution < -0.4 is 5.43 Å². The normalized spacial score (nSPS) is 15.5. The van der Waals surface area contributed by atoms with Crippen LogP contribution in [-0.4, -0.2) is 54.7 Å². The van der Waals surface area contributed by atoms with Gasteiger partial charge >= 0.3 is 0 Å². The summed E-state index contributed by atoms with van der Waals surface area (Å²) in [5, 5.41) is 15.8. The molecule has 0 saturated carbocycles. The fraction of sp³-hybridized carbons (Fsp3) is 0.476. The van der Waals surface area contributed by atoms with Gasteiger partial charge in [0.2, 0.25) is 10.0 Å². The van der Waals surface area contributed by atoms with Gasteiger partial charge in [0.25, 0.3) is 5.69 Å². The largest absolute Gasteiger partial charge is 0.379 e. The average Bonchev–Trinajstić information content (AvgIpc) is 3.01. The van der Waals surface area contributed by atoms with Gasteiger partial charge in [0.05, 0.1) is 29.2 Å². The molecule has 3 rings (SSSR count). The van der Waals surface area contributed by atoms with E-state index in [1.165, 1.54) is 16.4 Å². The summed E-state index contributed by atoms with van der Waals surface area (Å²) in [7, 11) is -3.84. The molecule has 174 valence electrons. The molecule has 1 aromatic heterocycles. The highest BCUT2D eigenvalue weighted by molar-refractivity contribution is 7.89. The van der Waals surface area contributed by atoms with E-state index in [-0.39, 0.29) is 29.4 Å². The molecule has 2 heterocycles. The van der Waals surface area contributed by atoms with Gasteiger partial charge in [-0.05, 0) is 38.0 Å². The second-order valence-corrected chi connectivity index (χ2v) is 10.1. The van der Waals surface area contributed by atoms with Crippen molar-refractivity contribution in [2.24, 2.45) is 11.0 Å². The van der Waals surface area contributed by atoms with Crippen LogP contribution in [0.25, 0.3) is 0 Å². The number of nitro groups is 1. The zero-order chi connectivity index (χ0) is 23.5. The predicted octanol–water partition coefficient (Wildman–Crippen LogP) is 3.14. The van der Waals surface area contributed by atoms with E-state index in [0.717, 1.165) is 29.6 Å². The van der Waals surface area contributed by atoms with Crippen molar-refractivity contribution < 1.29 is 18.1 Å². The van der Waals surface area contributed by atoms with Gasteiger partial charge in [-0.2, -0.15) is 9.41 Å². The third-order valence-electron chi connectivity index (χ3n) is 5.32. The molecular weight excluding hydrogens is 434 g/mol. The second kappa shape index (κ2) is 9.80. The third-order valence-corrected chi connectivity index (χ3v) is 7.22. The lowest BCUT2D eigenvalue weighted by molar-refractivity contribution is -0.384. The average molecular weight is 464 g/mol. The third kappa shape index (κ3) is 5.17. The Balaban J connectivity index is 1.82. The molecule has 0 aliphatic carbocycles. The number of ether oxygens (including phenoxy) is 1. The molecule has 0 spiro atoms. The Bertz CT molecular complexity index is 1120. The fourth-order valence-corrected chi connectivity index (χ4v) is 5.06. The summed E-state index contributed by atoms with van der Waals surface area (Å²) >= 11 is 0. The van der Waals surface area contributed by atoms with E-state index in [4.69, 9.17) is 4.74 Å². The molecule has 0 amide bonds. The zero-order valence-corrected chi connectivity index (χ0v) is 19.6. The first-order valence-electron chi connectivity index (χ1n) is 10.4. The molecule has 0 bridgehead atoms. The van der Waals surface area contributed by atoms with E-state index in [1.54, 1.807) is 6.21 Å². The van der Waals surface area contributed by atoms with Crippen molar-refractivity contribution in [1.29, 1.82) is 0 Å². The van der Waals surface area contributed by atoms with E-state index in [9.17, 15) is 18.5 Å². The maximum atomic E-state index is 12.8. The number of hydrogen-bond donors (Lipinski definition) is 1. The van der Waals surface area contributed by atoms with E-state index >= 15 is 0 Å². The van der Waals surface area contributed by atoms with E-state index in [1.807, 2.05) is 19.9 Å². The molecule has 1 aromatic carbocycles. The summed E-state index contributed by atoms with van der Waals surface area (Å²) in [4.78, 5) is 10.8. The molecule has 1 N–H and O–H groups in total. The van der Waals surface area contributed by atoms with Gasteiger partial charge in [0.1, 0.15) is 5.69 Å². The maximum absolute atomic E-state index is 12.8. The number of anilines is 1. The topological polar surface area (TPSA) is 119 Å². The van der Waals surface area contributed by atoms with Gasteiger partial charge in [-0.25, -0.2) is 8.42 Å². The number of aryl methyl sites for hydroxylation is 1. The number of morpholine rings is 1. The lowest BCUT2D eigenvalue weighted by Crippen LogP contribution is -2.40. The van der Waals surface area contributed by atoms with Crippen LogP contribution in [0.4, 0.5) is 11.4 Å². The van der Waals surface area contributed by atoms with Crippen LogP contribution in [0.2, 0.25) is 0 Å². The Morgan fingerprint density at radius 1 is 1.25 bits per heavy atom. The van der Waals surface area contributed by atoms with Crippen LogP contribution in [-0.2, 0) is 21.3 Å². The molecule has 1 saturated heterocycles. The summed E-state index contributed by atoms with van der Waals surface area (Å²) in [6.45, 7) is 10.3. The summed E-state index contributed by atoms with van der Waals surface area (Å²) in [6, 6.07) is 5.79. The Labute approximate surface area is 188 Å². The number of nitro benzene ring substituents is 1. The molecular formula is C21H29N5O5S. The minimum Gasteiger partial charge on any atom is -0.379 e. The summed E-state index contributed by atoms with van der Waals surface area (Å²) < 4.78 is 34.3. The molecule has 1 fully saturated rings. The monoisotopic (exact) mass is 463 g/mol. The second-order valence-electron chi connectivity index (χ2n) is 8.15. The van der Waals surface area contributed by atoms with Crippen LogP contribution in [0, 0.1) is 29.9 Å². The van der Waals surface area contributed by atoms with E-state index in [2.05, 4.69) is 28.9 Å². The van der Waals surface area contributed by atoms with Crippen molar-refractivity contribution in [3.63, 3.8) is 0 Å². The number of hydrogen-bond acceptors (Lipinski definition) is 7. The molecule has 1 aliphatic heterocycles. The molecule has 0 atom stereocenters. The molecule has 0 unspecified atom stereocenters. The Hall–Kier alpha value is -2.76. The zero-order valence-electron chi connectivity index (χ0n) is 18.7. The number of nitrogens with zero attached hydrogens (tertiary/aromatic N) is 4. The minimum absolute atomic E-state index is 0.114. The summed E-state index contributed by atoms with van der Waals surface area (Å²) in [5.74, 6) is 0.498. The lowest BCUT2D eigenvalue weighted by atomic mass is 10.2. The quantitative estimate of drug-likeness (QED) is 0.365. The van der Waals surface area contributed by atoms with Crippen molar-refractivity contribution in [3.05, 3.63) is 51.3 Å². The standard InChI is InChI=1S/C21H29N5O5S/c1-15(2)14-25-16(3)11-18(17(25)4)13-22-23-20-6-5-19(12-21(20)26(27)28)32(29,30)24-7-9-31-10-8-24/h5-6,11-13,15,23H,7-10,14H2,1-4H3. The van der Waals surface area contributed by atoms with E-state index in [0.29, 0.717) is 19.1 Å². The van der Waals surface area contributed by atoms with Crippen LogP contribution >= 0.6 is 0 Å². The number of benzene rings is 1. The Morgan fingerprint density at radius 2 is 1.94 bits per heavy atom. The number of rotatable bonds is 8. The molecule has 0 radical (unpaired) electrons. The smallest absolute Gasteiger partial charge is 0.295 e. The predicted molar refractivity (Wildman–Crippen MR) is 123 cm³/mol. The van der Waals surface area contributed by atoms with Crippen molar-refractivity contribution in [2.45, 2.75) is 39.1 Å². The molecule has 1 aliphatic rings.